The predicted molar refractivity (Wildman–Crippen MR) is 98.9 cm³/mol. The van der Waals surface area contributed by atoms with E-state index in [2.05, 4.69) is 29.9 Å². The molecule has 0 radical (unpaired) electrons. The lowest BCUT2D eigenvalue weighted by Gasteiger charge is -2.20. The van der Waals surface area contributed by atoms with Crippen molar-refractivity contribution in [2.24, 2.45) is 0 Å². The van der Waals surface area contributed by atoms with Gasteiger partial charge in [0, 0.05) is 20.2 Å². The van der Waals surface area contributed by atoms with Crippen LogP contribution >= 0.6 is 6.89 Å². The number of carbonyl (C=O) groups is 1. The zero-order valence-electron chi connectivity index (χ0n) is 15.0. The van der Waals surface area contributed by atoms with E-state index in [1.54, 1.807) is 0 Å². The van der Waals surface area contributed by atoms with Gasteiger partial charge in [-0.15, -0.1) is 13.2 Å². The molecule has 1 aliphatic heterocycles. The molecule has 1 amide bonds. The summed E-state index contributed by atoms with van der Waals surface area (Å²) in [4.78, 5) is 27.2. The molecule has 0 unspecified atom stereocenters. The zero-order valence-corrected chi connectivity index (χ0v) is 15.9. The highest BCUT2D eigenvalue weighted by Gasteiger charge is 2.45. The molecule has 0 aliphatic carbocycles. The fraction of sp³-hybridized carbons (Fsp3) is 0.625. The van der Waals surface area contributed by atoms with E-state index in [4.69, 9.17) is 9.47 Å². The van der Waals surface area contributed by atoms with Crippen molar-refractivity contribution in [1.29, 1.82) is 0 Å². The number of nitrogens with zero attached hydrogens (tertiary/aromatic N) is 2. The van der Waals surface area contributed by atoms with Gasteiger partial charge < -0.3 is 19.9 Å². The third-order valence-corrected chi connectivity index (χ3v) is 5.48. The zero-order chi connectivity index (χ0) is 18.8. The Kier molecular flexibility index (Phi) is 6.21. The van der Waals surface area contributed by atoms with Crippen molar-refractivity contribution in [3.05, 3.63) is 22.7 Å². The Hall–Kier alpha value is -1.47. The van der Waals surface area contributed by atoms with Crippen molar-refractivity contribution in [3.63, 3.8) is 0 Å². The van der Waals surface area contributed by atoms with Gasteiger partial charge in [-0.3, -0.25) is 9.36 Å². The average molecular weight is 371 g/mol. The Labute approximate surface area is 147 Å². The number of nitrogens with one attached hydrogen (secondary N) is 1. The fourth-order valence-electron chi connectivity index (χ4n) is 2.77. The minimum Gasteiger partial charge on any atom is -0.388 e. The maximum Gasteiger partial charge on any atom is 0.351 e. The van der Waals surface area contributed by atoms with Crippen LogP contribution in [0.25, 0.3) is 0 Å². The van der Waals surface area contributed by atoms with E-state index in [1.807, 2.05) is 0 Å². The normalized spacial score (nSPS) is 26.6. The highest BCUT2D eigenvalue weighted by Crippen LogP contribution is 2.39. The number of hydrogen-bond donors (Lipinski definition) is 2. The molecule has 0 aromatic carbocycles. The van der Waals surface area contributed by atoms with E-state index in [1.165, 1.54) is 30.9 Å². The first-order chi connectivity index (χ1) is 11.6. The molecule has 0 saturated carbocycles. The van der Waals surface area contributed by atoms with Crippen molar-refractivity contribution >= 4 is 24.9 Å². The van der Waals surface area contributed by atoms with Crippen molar-refractivity contribution < 1.29 is 19.4 Å². The minimum atomic E-state index is -1.25. The lowest BCUT2D eigenvalue weighted by molar-refractivity contribution is -0.114. The summed E-state index contributed by atoms with van der Waals surface area (Å²) >= 11 is 0. The van der Waals surface area contributed by atoms with E-state index in [9.17, 15) is 14.7 Å². The van der Waals surface area contributed by atoms with Gasteiger partial charge >= 0.3 is 5.69 Å². The molecular weight excluding hydrogens is 345 g/mol. The molecule has 25 heavy (non-hydrogen) atoms. The molecule has 1 aromatic heterocycles. The van der Waals surface area contributed by atoms with Gasteiger partial charge in [-0.2, -0.15) is 4.98 Å². The highest BCUT2D eigenvalue weighted by molar-refractivity contribution is 7.72. The average Bonchev–Trinajstić information content (AvgIpc) is 2.80. The van der Waals surface area contributed by atoms with E-state index >= 15 is 0 Å². The van der Waals surface area contributed by atoms with Gasteiger partial charge in [0.25, 0.3) is 0 Å². The molecule has 2 heterocycles. The first-order valence-corrected chi connectivity index (χ1v) is 11.1. The van der Waals surface area contributed by atoms with Crippen molar-refractivity contribution in [2.45, 2.75) is 37.9 Å². The van der Waals surface area contributed by atoms with Crippen LogP contribution in [-0.2, 0) is 14.3 Å². The maximum absolute atomic E-state index is 12.3. The number of carbonyl (C=O) groups excluding carboxylic acids is 1. The molecule has 4 atom stereocenters. The summed E-state index contributed by atoms with van der Waals surface area (Å²) in [5.41, 5.74) is -0.587. The highest BCUT2D eigenvalue weighted by atomic mass is 31.2. The fourth-order valence-corrected chi connectivity index (χ4v) is 3.72. The van der Waals surface area contributed by atoms with Crippen LogP contribution in [0.2, 0.25) is 0 Å². The number of aromatic nitrogens is 2. The van der Waals surface area contributed by atoms with Gasteiger partial charge in [-0.1, -0.05) is 0 Å². The van der Waals surface area contributed by atoms with Crippen LogP contribution in [0.4, 0.5) is 5.82 Å². The number of amides is 1. The number of rotatable bonds is 6. The summed E-state index contributed by atoms with van der Waals surface area (Å²) in [7, 11) is 1.47. The summed E-state index contributed by atoms with van der Waals surface area (Å²) < 4.78 is 12.5. The summed E-state index contributed by atoms with van der Waals surface area (Å²) in [6.45, 7) is 4.33. The van der Waals surface area contributed by atoms with Gasteiger partial charge in [0.1, 0.15) is 18.0 Å². The molecule has 9 heteroatoms. The SMILES string of the molecule is C=P(C)(C)CC[C@H]1O[C@@H](n2ccc(NC(C)=O)nc2=O)[C@H](OC)[C@@H]1O. The van der Waals surface area contributed by atoms with Crippen LogP contribution in [0.15, 0.2) is 17.1 Å². The van der Waals surface area contributed by atoms with Crippen molar-refractivity contribution in [2.75, 3.05) is 31.9 Å². The summed E-state index contributed by atoms with van der Waals surface area (Å²) in [6, 6.07) is 1.50. The van der Waals surface area contributed by atoms with Crippen LogP contribution in [0.1, 0.15) is 19.6 Å². The van der Waals surface area contributed by atoms with E-state index in [0.29, 0.717) is 6.42 Å². The Morgan fingerprint density at radius 3 is 2.76 bits per heavy atom. The molecular formula is C16H26N3O5P. The topological polar surface area (TPSA) is 103 Å². The first kappa shape index (κ1) is 19.8. The summed E-state index contributed by atoms with van der Waals surface area (Å²) in [5.74, 6) is -0.146. The second-order valence-corrected chi connectivity index (χ2v) is 11.2. The van der Waals surface area contributed by atoms with Gasteiger partial charge in [0.15, 0.2) is 6.23 Å². The van der Waals surface area contributed by atoms with Gasteiger partial charge in [0.05, 0.1) is 6.10 Å². The van der Waals surface area contributed by atoms with E-state index in [0.717, 1.165) is 6.16 Å². The number of ether oxygens (including phenoxy) is 2. The van der Waals surface area contributed by atoms with Gasteiger partial charge in [-0.05, 0) is 32.0 Å². The van der Waals surface area contributed by atoms with Crippen LogP contribution in [0, 0.1) is 0 Å². The van der Waals surface area contributed by atoms with Gasteiger partial charge in [-0.25, -0.2) is 4.79 Å². The Morgan fingerprint density at radius 1 is 1.56 bits per heavy atom. The summed E-state index contributed by atoms with van der Waals surface area (Å²) in [6.07, 6.45) is 4.42. The largest absolute Gasteiger partial charge is 0.388 e. The Bertz CT molecular complexity index is 729. The van der Waals surface area contributed by atoms with Crippen LogP contribution in [-0.4, -0.2) is 71.8 Å². The molecule has 2 rings (SSSR count). The number of aliphatic hydroxyl groups is 1. The third-order valence-electron chi connectivity index (χ3n) is 4.01. The monoisotopic (exact) mass is 371 g/mol. The number of methoxy groups -OCH3 is 1. The lowest BCUT2D eigenvalue weighted by atomic mass is 10.1. The van der Waals surface area contributed by atoms with Gasteiger partial charge in [0.2, 0.25) is 5.91 Å². The molecule has 1 fully saturated rings. The van der Waals surface area contributed by atoms with Crippen LogP contribution in [0.3, 0.4) is 0 Å². The quantitative estimate of drug-likeness (QED) is 0.709. The summed E-state index contributed by atoms with van der Waals surface area (Å²) in [5, 5.41) is 12.9. The van der Waals surface area contributed by atoms with E-state index in [-0.39, 0.29) is 11.7 Å². The molecule has 0 bridgehead atoms. The number of anilines is 1. The maximum atomic E-state index is 12.3. The van der Waals surface area contributed by atoms with Crippen molar-refractivity contribution in [1.82, 2.24) is 9.55 Å². The predicted octanol–water partition coefficient (Wildman–Crippen LogP) is 0.574. The molecule has 0 spiro atoms. The smallest absolute Gasteiger partial charge is 0.351 e. The Morgan fingerprint density at radius 2 is 2.24 bits per heavy atom. The van der Waals surface area contributed by atoms with E-state index < -0.39 is 37.1 Å². The first-order valence-electron chi connectivity index (χ1n) is 8.03. The molecule has 1 saturated heterocycles. The molecule has 1 aliphatic rings. The third kappa shape index (κ3) is 5.01. The standard InChI is InChI=1S/C16H26N3O5P/c1-10(20)17-12-6-8-19(16(22)18-12)15-14(23-2)13(21)11(24-15)7-9-25(3,4)5/h6,8,11,13-15,21H,3,7,9H2,1-2,4-5H3,(H,17,18,20,22)/t11-,13-,14-,15-/m1/s1. The second-order valence-electron chi connectivity index (χ2n) is 6.89. The van der Waals surface area contributed by atoms with Crippen molar-refractivity contribution in [3.8, 4) is 0 Å². The lowest BCUT2D eigenvalue weighted by Crippen LogP contribution is -2.37. The Balaban J connectivity index is 2.21. The second kappa shape index (κ2) is 7.83. The van der Waals surface area contributed by atoms with Crippen LogP contribution < -0.4 is 11.0 Å². The number of hydrogen-bond acceptors (Lipinski definition) is 6. The van der Waals surface area contributed by atoms with Crippen LogP contribution in [0.5, 0.6) is 0 Å². The minimum absolute atomic E-state index is 0.168. The number of aliphatic hydroxyl groups excluding tert-OH is 1. The molecule has 2 N–H and O–H groups in total. The molecule has 1 aromatic rings. The molecule has 140 valence electrons. The molecule has 8 nitrogen and oxygen atoms in total.